The smallest absolute Gasteiger partial charge is 0.305 e. The summed E-state index contributed by atoms with van der Waals surface area (Å²) in [5.74, 6) is -0.123. The van der Waals surface area contributed by atoms with Gasteiger partial charge in [-0.1, -0.05) is 203 Å². The van der Waals surface area contributed by atoms with E-state index in [-0.39, 0.29) is 18.5 Å². The van der Waals surface area contributed by atoms with Gasteiger partial charge in [0.05, 0.1) is 25.4 Å². The Morgan fingerprint density at radius 2 is 0.869 bits per heavy atom. The lowest BCUT2D eigenvalue weighted by atomic mass is 10.1. The molecule has 0 fully saturated rings. The molecule has 61 heavy (non-hydrogen) atoms. The summed E-state index contributed by atoms with van der Waals surface area (Å²) in [5.41, 5.74) is 0. The van der Waals surface area contributed by atoms with Gasteiger partial charge in [-0.3, -0.25) is 9.59 Å². The standard InChI is InChI=1S/C55H99NO5/c1-3-5-7-9-11-13-15-16-17-18-19-20-23-26-29-33-37-41-45-49-55(60)61-50-46-42-38-34-30-27-24-21-22-25-28-32-36-40-44-48-54(59)56-52(51-57)53(58)47-43-39-35-31-14-12-10-8-6-4-2/h11,13,16-17,21,24,27,30,43,47,52-53,57-58H,3-10,12,14-15,18-20,22-23,25-26,28-29,31-42,44-46,48-51H2,1-2H3,(H,56,59)/b13-11-,17-16-,24-21-,30-27-,47-43+. The third-order valence-electron chi connectivity index (χ3n) is 11.5. The molecular formula is C55H99NO5. The summed E-state index contributed by atoms with van der Waals surface area (Å²) in [4.78, 5) is 24.4. The number of hydrogen-bond acceptors (Lipinski definition) is 5. The van der Waals surface area contributed by atoms with E-state index in [9.17, 15) is 19.8 Å². The van der Waals surface area contributed by atoms with Gasteiger partial charge in [0.25, 0.3) is 0 Å². The molecule has 0 aliphatic heterocycles. The Bertz CT molecular complexity index is 1080. The first kappa shape index (κ1) is 58.6. The second kappa shape index (κ2) is 50.2. The molecular weight excluding hydrogens is 755 g/mol. The molecule has 0 rings (SSSR count). The number of esters is 1. The molecule has 0 heterocycles. The molecule has 0 saturated carbocycles. The van der Waals surface area contributed by atoms with Crippen LogP contribution < -0.4 is 5.32 Å². The maximum atomic E-state index is 12.4. The minimum atomic E-state index is -0.858. The number of aliphatic hydroxyl groups excluding tert-OH is 2. The third kappa shape index (κ3) is 46.9. The topological polar surface area (TPSA) is 95.9 Å². The largest absolute Gasteiger partial charge is 0.466 e. The van der Waals surface area contributed by atoms with Crippen LogP contribution in [0, 0.1) is 0 Å². The lowest BCUT2D eigenvalue weighted by Gasteiger charge is -2.20. The molecule has 0 radical (unpaired) electrons. The second-order valence-corrected chi connectivity index (χ2v) is 17.5. The molecule has 0 aromatic carbocycles. The van der Waals surface area contributed by atoms with Gasteiger partial charge in [0.2, 0.25) is 5.91 Å². The molecule has 0 aromatic rings. The minimum Gasteiger partial charge on any atom is -0.466 e. The van der Waals surface area contributed by atoms with Crippen molar-refractivity contribution in [2.75, 3.05) is 13.2 Å². The molecule has 2 atom stereocenters. The number of carbonyl (C=O) groups is 2. The van der Waals surface area contributed by atoms with Crippen molar-refractivity contribution in [3.05, 3.63) is 60.8 Å². The highest BCUT2D eigenvalue weighted by Crippen LogP contribution is 2.14. The van der Waals surface area contributed by atoms with E-state index in [4.69, 9.17) is 4.74 Å². The summed E-state index contributed by atoms with van der Waals surface area (Å²) < 4.78 is 5.45. The first-order valence-corrected chi connectivity index (χ1v) is 26.1. The number of carbonyl (C=O) groups excluding carboxylic acids is 2. The maximum Gasteiger partial charge on any atom is 0.305 e. The molecule has 0 aliphatic carbocycles. The number of allylic oxidation sites excluding steroid dienone is 9. The number of hydrogen-bond donors (Lipinski definition) is 3. The van der Waals surface area contributed by atoms with Crippen LogP contribution in [0.4, 0.5) is 0 Å². The van der Waals surface area contributed by atoms with Gasteiger partial charge >= 0.3 is 5.97 Å². The Balaban J connectivity index is 3.53. The third-order valence-corrected chi connectivity index (χ3v) is 11.5. The van der Waals surface area contributed by atoms with Gasteiger partial charge in [-0.2, -0.15) is 0 Å². The lowest BCUT2D eigenvalue weighted by molar-refractivity contribution is -0.143. The number of rotatable bonds is 47. The Labute approximate surface area is 378 Å². The van der Waals surface area contributed by atoms with Crippen molar-refractivity contribution < 1.29 is 24.5 Å². The van der Waals surface area contributed by atoms with Crippen LogP contribution in [0.5, 0.6) is 0 Å². The monoisotopic (exact) mass is 854 g/mol. The van der Waals surface area contributed by atoms with E-state index >= 15 is 0 Å². The van der Waals surface area contributed by atoms with Crippen molar-refractivity contribution in [2.45, 2.75) is 264 Å². The van der Waals surface area contributed by atoms with Crippen LogP contribution in [0.1, 0.15) is 251 Å². The zero-order valence-electron chi connectivity index (χ0n) is 40.1. The molecule has 0 aromatic heterocycles. The highest BCUT2D eigenvalue weighted by Gasteiger charge is 2.18. The molecule has 6 heteroatoms. The fraction of sp³-hybridized carbons (Fsp3) is 0.782. The van der Waals surface area contributed by atoms with Crippen molar-refractivity contribution >= 4 is 11.9 Å². The van der Waals surface area contributed by atoms with E-state index in [0.717, 1.165) is 83.5 Å². The van der Waals surface area contributed by atoms with Gasteiger partial charge in [-0.15, -0.1) is 0 Å². The summed E-state index contributed by atoms with van der Waals surface area (Å²) in [6.07, 6.45) is 63.7. The molecule has 1 amide bonds. The van der Waals surface area contributed by atoms with Gasteiger partial charge < -0.3 is 20.3 Å². The molecule has 6 nitrogen and oxygen atoms in total. The van der Waals surface area contributed by atoms with Crippen LogP contribution in [0.3, 0.4) is 0 Å². The minimum absolute atomic E-state index is 0.0281. The predicted octanol–water partition coefficient (Wildman–Crippen LogP) is 15.6. The number of ether oxygens (including phenoxy) is 1. The first-order chi connectivity index (χ1) is 30.0. The second-order valence-electron chi connectivity index (χ2n) is 17.5. The summed E-state index contributed by atoms with van der Waals surface area (Å²) in [5, 5.41) is 22.9. The van der Waals surface area contributed by atoms with E-state index in [1.54, 1.807) is 6.08 Å². The fourth-order valence-corrected chi connectivity index (χ4v) is 7.48. The number of unbranched alkanes of at least 4 members (excludes halogenated alkanes) is 29. The molecule has 3 N–H and O–H groups in total. The number of amides is 1. The average molecular weight is 854 g/mol. The van der Waals surface area contributed by atoms with Gasteiger partial charge in [0, 0.05) is 12.8 Å². The first-order valence-electron chi connectivity index (χ1n) is 26.1. The van der Waals surface area contributed by atoms with Crippen LogP contribution in [0.15, 0.2) is 60.8 Å². The molecule has 354 valence electrons. The Kier molecular flexibility index (Phi) is 48.2. The number of nitrogens with one attached hydrogen (secondary N) is 1. The average Bonchev–Trinajstić information content (AvgIpc) is 3.26. The highest BCUT2D eigenvalue weighted by atomic mass is 16.5. The van der Waals surface area contributed by atoms with Gasteiger partial charge in [0.15, 0.2) is 0 Å². The normalized spacial score (nSPS) is 13.2. The van der Waals surface area contributed by atoms with Crippen molar-refractivity contribution in [2.24, 2.45) is 0 Å². The van der Waals surface area contributed by atoms with Gasteiger partial charge in [0.1, 0.15) is 0 Å². The maximum absolute atomic E-state index is 12.4. The van der Waals surface area contributed by atoms with Gasteiger partial charge in [-0.05, 0) is 96.3 Å². The van der Waals surface area contributed by atoms with Crippen LogP contribution >= 0.6 is 0 Å². The molecule has 0 bridgehead atoms. The zero-order valence-corrected chi connectivity index (χ0v) is 40.1. The summed E-state index contributed by atoms with van der Waals surface area (Å²) in [7, 11) is 0. The van der Waals surface area contributed by atoms with Crippen LogP contribution in [-0.4, -0.2) is 47.4 Å². The van der Waals surface area contributed by atoms with Crippen LogP contribution in [0.25, 0.3) is 0 Å². The van der Waals surface area contributed by atoms with Crippen molar-refractivity contribution in [3.8, 4) is 0 Å². The summed E-state index contributed by atoms with van der Waals surface area (Å²) in [6.45, 7) is 4.78. The summed E-state index contributed by atoms with van der Waals surface area (Å²) in [6, 6.07) is -0.644. The van der Waals surface area contributed by atoms with E-state index in [0.29, 0.717) is 19.4 Å². The van der Waals surface area contributed by atoms with Gasteiger partial charge in [-0.25, -0.2) is 0 Å². The SMILES string of the molecule is CCCCC/C=C\C/C=C\CCCCCCCCCCCC(=O)OCCCCC/C=C\C=C/CCCCCCCCC(=O)NC(CO)C(O)/C=C/CCCCCCCCCC. The fourth-order valence-electron chi connectivity index (χ4n) is 7.48. The van der Waals surface area contributed by atoms with Crippen LogP contribution in [0.2, 0.25) is 0 Å². The quantitative estimate of drug-likeness (QED) is 0.0245. The highest BCUT2D eigenvalue weighted by molar-refractivity contribution is 5.76. The van der Waals surface area contributed by atoms with Crippen molar-refractivity contribution in [3.63, 3.8) is 0 Å². The van der Waals surface area contributed by atoms with E-state index in [1.165, 1.54) is 141 Å². The zero-order chi connectivity index (χ0) is 44.4. The Hall–Kier alpha value is -2.44. The van der Waals surface area contributed by atoms with E-state index in [2.05, 4.69) is 67.8 Å². The Morgan fingerprint density at radius 3 is 1.38 bits per heavy atom. The van der Waals surface area contributed by atoms with E-state index < -0.39 is 12.1 Å². The van der Waals surface area contributed by atoms with Crippen LogP contribution in [-0.2, 0) is 14.3 Å². The van der Waals surface area contributed by atoms with Crippen molar-refractivity contribution in [1.82, 2.24) is 5.32 Å². The van der Waals surface area contributed by atoms with E-state index in [1.807, 2.05) is 6.08 Å². The molecule has 0 spiro atoms. The molecule has 2 unspecified atom stereocenters. The van der Waals surface area contributed by atoms with Crippen molar-refractivity contribution in [1.29, 1.82) is 0 Å². The predicted molar refractivity (Wildman–Crippen MR) is 264 cm³/mol. The lowest BCUT2D eigenvalue weighted by Crippen LogP contribution is -2.45. The number of aliphatic hydroxyl groups is 2. The Morgan fingerprint density at radius 1 is 0.475 bits per heavy atom. The summed E-state index contributed by atoms with van der Waals surface area (Å²) >= 11 is 0. The molecule has 0 saturated heterocycles. The molecule has 0 aliphatic rings.